The molecule has 0 fully saturated rings. The van der Waals surface area contributed by atoms with Gasteiger partial charge in [-0.2, -0.15) is 0 Å². The number of carbonyl (C=O) groups is 1. The van der Waals surface area contributed by atoms with E-state index in [1.54, 1.807) is 25.1 Å². The zero-order chi connectivity index (χ0) is 15.9. The second-order valence-corrected chi connectivity index (χ2v) is 7.25. The average molecular weight is 330 g/mol. The molecular weight excluding hydrogens is 310 g/mol. The molecule has 0 bridgehead atoms. The van der Waals surface area contributed by atoms with Gasteiger partial charge in [-0.15, -0.1) is 0 Å². The maximum absolute atomic E-state index is 11.9. The molecule has 1 aromatic rings. The number of sulfone groups is 1. The van der Waals surface area contributed by atoms with Crippen LogP contribution in [0.25, 0.3) is 0 Å². The van der Waals surface area contributed by atoms with Gasteiger partial charge in [0.25, 0.3) is 0 Å². The van der Waals surface area contributed by atoms with Gasteiger partial charge in [-0.05, 0) is 31.0 Å². The van der Waals surface area contributed by atoms with Crippen molar-refractivity contribution < 1.29 is 13.2 Å². The smallest absolute Gasteiger partial charge is 0.235 e. The SMILES string of the molecule is CC=CCS(=O)(=O)CC(=O)NC(CC)c1ccc(Cl)cc1. The van der Waals surface area contributed by atoms with E-state index in [1.165, 1.54) is 6.08 Å². The quantitative estimate of drug-likeness (QED) is 0.782. The summed E-state index contributed by atoms with van der Waals surface area (Å²) in [6, 6.07) is 6.92. The largest absolute Gasteiger partial charge is 0.348 e. The fourth-order valence-electron chi connectivity index (χ4n) is 1.85. The monoisotopic (exact) mass is 329 g/mol. The molecule has 1 N–H and O–H groups in total. The van der Waals surface area contributed by atoms with Crippen LogP contribution >= 0.6 is 11.6 Å². The molecule has 0 heterocycles. The van der Waals surface area contributed by atoms with Gasteiger partial charge in [0.1, 0.15) is 5.75 Å². The summed E-state index contributed by atoms with van der Waals surface area (Å²) >= 11 is 5.83. The van der Waals surface area contributed by atoms with Crippen LogP contribution in [0, 0.1) is 0 Å². The van der Waals surface area contributed by atoms with Crippen LogP contribution in [0.4, 0.5) is 0 Å². The summed E-state index contributed by atoms with van der Waals surface area (Å²) in [7, 11) is -3.41. The molecule has 1 aromatic carbocycles. The average Bonchev–Trinajstić information content (AvgIpc) is 2.43. The van der Waals surface area contributed by atoms with Crippen molar-refractivity contribution in [1.82, 2.24) is 5.32 Å². The Morgan fingerprint density at radius 1 is 1.33 bits per heavy atom. The lowest BCUT2D eigenvalue weighted by Gasteiger charge is -2.17. The summed E-state index contributed by atoms with van der Waals surface area (Å²) in [4.78, 5) is 11.9. The molecule has 0 aromatic heterocycles. The maximum Gasteiger partial charge on any atom is 0.235 e. The van der Waals surface area contributed by atoms with Gasteiger partial charge >= 0.3 is 0 Å². The zero-order valence-electron chi connectivity index (χ0n) is 12.2. The van der Waals surface area contributed by atoms with Gasteiger partial charge in [-0.1, -0.05) is 42.8 Å². The highest BCUT2D eigenvalue weighted by molar-refractivity contribution is 7.92. The van der Waals surface area contributed by atoms with E-state index in [2.05, 4.69) is 5.32 Å². The van der Waals surface area contributed by atoms with Crippen molar-refractivity contribution in [3.63, 3.8) is 0 Å². The van der Waals surface area contributed by atoms with Crippen molar-refractivity contribution in [2.24, 2.45) is 0 Å². The third kappa shape index (κ3) is 6.31. The van der Waals surface area contributed by atoms with E-state index in [1.807, 2.05) is 19.1 Å². The normalized spacial score (nSPS) is 13.3. The molecule has 1 atom stereocenters. The van der Waals surface area contributed by atoms with E-state index < -0.39 is 21.5 Å². The molecule has 1 rings (SSSR count). The minimum Gasteiger partial charge on any atom is -0.348 e. The maximum atomic E-state index is 11.9. The molecule has 21 heavy (non-hydrogen) atoms. The van der Waals surface area contributed by atoms with Gasteiger partial charge < -0.3 is 5.32 Å². The Balaban J connectivity index is 2.69. The Morgan fingerprint density at radius 3 is 2.48 bits per heavy atom. The Bertz CT molecular complexity index is 594. The number of rotatable bonds is 7. The Hall–Kier alpha value is -1.33. The lowest BCUT2D eigenvalue weighted by Crippen LogP contribution is -2.34. The minimum atomic E-state index is -3.41. The Labute approximate surface area is 131 Å². The van der Waals surface area contributed by atoms with Gasteiger partial charge in [-0.25, -0.2) is 8.42 Å². The molecule has 4 nitrogen and oxygen atoms in total. The van der Waals surface area contributed by atoms with E-state index in [4.69, 9.17) is 11.6 Å². The second kappa shape index (κ2) is 8.20. The van der Waals surface area contributed by atoms with Crippen LogP contribution in [0.15, 0.2) is 36.4 Å². The summed E-state index contributed by atoms with van der Waals surface area (Å²) in [6.07, 6.45) is 3.85. The first-order valence-electron chi connectivity index (χ1n) is 6.74. The van der Waals surface area contributed by atoms with Crippen molar-refractivity contribution in [2.75, 3.05) is 11.5 Å². The first kappa shape index (κ1) is 17.7. The number of carbonyl (C=O) groups excluding carboxylic acids is 1. The fourth-order valence-corrected chi connectivity index (χ4v) is 3.07. The van der Waals surface area contributed by atoms with E-state index >= 15 is 0 Å². The van der Waals surface area contributed by atoms with E-state index in [9.17, 15) is 13.2 Å². The number of hydrogen-bond donors (Lipinski definition) is 1. The lowest BCUT2D eigenvalue weighted by atomic mass is 10.0. The topological polar surface area (TPSA) is 63.2 Å². The van der Waals surface area contributed by atoms with Crippen LogP contribution in [0.3, 0.4) is 0 Å². The molecule has 1 amide bonds. The van der Waals surface area contributed by atoms with Crippen molar-refractivity contribution in [3.8, 4) is 0 Å². The van der Waals surface area contributed by atoms with Crippen LogP contribution in [0.2, 0.25) is 5.02 Å². The molecule has 0 saturated heterocycles. The molecule has 0 aliphatic rings. The number of amides is 1. The highest BCUT2D eigenvalue weighted by Gasteiger charge is 2.18. The van der Waals surface area contributed by atoms with Crippen LogP contribution < -0.4 is 5.32 Å². The fraction of sp³-hybridized carbons (Fsp3) is 0.400. The van der Waals surface area contributed by atoms with Gasteiger partial charge in [0.05, 0.1) is 11.8 Å². The van der Waals surface area contributed by atoms with Crippen molar-refractivity contribution in [1.29, 1.82) is 0 Å². The first-order chi connectivity index (χ1) is 9.88. The van der Waals surface area contributed by atoms with Crippen LogP contribution in [-0.4, -0.2) is 25.8 Å². The minimum absolute atomic E-state index is 0.116. The van der Waals surface area contributed by atoms with Crippen molar-refractivity contribution in [2.45, 2.75) is 26.3 Å². The van der Waals surface area contributed by atoms with Crippen molar-refractivity contribution >= 4 is 27.3 Å². The summed E-state index contributed by atoms with van der Waals surface area (Å²) in [6.45, 7) is 3.66. The van der Waals surface area contributed by atoms with Gasteiger partial charge in [0.2, 0.25) is 5.91 Å². The number of nitrogens with one attached hydrogen (secondary N) is 1. The highest BCUT2D eigenvalue weighted by atomic mass is 35.5. The van der Waals surface area contributed by atoms with Crippen LogP contribution in [0.1, 0.15) is 31.9 Å². The number of benzene rings is 1. The van der Waals surface area contributed by atoms with Gasteiger partial charge in [-0.3, -0.25) is 4.79 Å². The third-order valence-electron chi connectivity index (χ3n) is 2.95. The van der Waals surface area contributed by atoms with Gasteiger partial charge in [0, 0.05) is 5.02 Å². The molecule has 0 aliphatic heterocycles. The standard InChI is InChI=1S/C15H20ClNO3S/c1-3-5-10-21(19,20)11-15(18)17-14(4-2)12-6-8-13(16)9-7-12/h3,5-9,14H,4,10-11H2,1-2H3,(H,17,18). The highest BCUT2D eigenvalue weighted by Crippen LogP contribution is 2.19. The van der Waals surface area contributed by atoms with Crippen LogP contribution in [-0.2, 0) is 14.6 Å². The molecule has 0 spiro atoms. The van der Waals surface area contributed by atoms with Gasteiger partial charge in [0.15, 0.2) is 9.84 Å². The van der Waals surface area contributed by atoms with E-state index in [-0.39, 0.29) is 11.8 Å². The van der Waals surface area contributed by atoms with Crippen LogP contribution in [0.5, 0.6) is 0 Å². The molecule has 0 radical (unpaired) electrons. The zero-order valence-corrected chi connectivity index (χ0v) is 13.7. The predicted octanol–water partition coefficient (Wildman–Crippen LogP) is 2.90. The third-order valence-corrected chi connectivity index (χ3v) is 4.61. The predicted molar refractivity (Wildman–Crippen MR) is 86.1 cm³/mol. The molecule has 6 heteroatoms. The molecule has 0 saturated carbocycles. The summed E-state index contributed by atoms with van der Waals surface area (Å²) in [5.74, 6) is -1.10. The summed E-state index contributed by atoms with van der Waals surface area (Å²) in [5.41, 5.74) is 0.904. The van der Waals surface area contributed by atoms with Crippen molar-refractivity contribution in [3.05, 3.63) is 47.0 Å². The number of allylic oxidation sites excluding steroid dienone is 1. The van der Waals surface area contributed by atoms with E-state index in [0.29, 0.717) is 11.4 Å². The lowest BCUT2D eigenvalue weighted by molar-refractivity contribution is -0.119. The number of hydrogen-bond acceptors (Lipinski definition) is 3. The van der Waals surface area contributed by atoms with E-state index in [0.717, 1.165) is 5.56 Å². The molecule has 116 valence electrons. The Kier molecular flexibility index (Phi) is 6.92. The molecule has 0 aliphatic carbocycles. The number of halogens is 1. The summed E-state index contributed by atoms with van der Waals surface area (Å²) < 4.78 is 23.4. The summed E-state index contributed by atoms with van der Waals surface area (Å²) in [5, 5.41) is 3.37. The second-order valence-electron chi connectivity index (χ2n) is 4.70. The Morgan fingerprint density at radius 2 is 1.95 bits per heavy atom. The molecule has 1 unspecified atom stereocenters. The first-order valence-corrected chi connectivity index (χ1v) is 8.94. The molecular formula is C15H20ClNO3S.